The molecule has 0 aliphatic carbocycles. The van der Waals surface area contributed by atoms with Crippen LogP contribution >= 0.6 is 0 Å². The van der Waals surface area contributed by atoms with Crippen LogP contribution in [0.25, 0.3) is 0 Å². The zero-order valence-corrected chi connectivity index (χ0v) is 12.0. The Hall–Kier alpha value is -1.79. The lowest BCUT2D eigenvalue weighted by Gasteiger charge is -2.25. The largest absolute Gasteiger partial charge is 0.384 e. The molecule has 1 aromatic carbocycles. The van der Waals surface area contributed by atoms with Gasteiger partial charge in [0.15, 0.2) is 0 Å². The first-order valence-electron chi connectivity index (χ1n) is 6.52. The molecule has 1 N–H and O–H groups in total. The highest BCUT2D eigenvalue weighted by Gasteiger charge is 2.17. The molecule has 0 bridgehead atoms. The average molecular weight is 259 g/mol. The normalized spacial score (nSPS) is 10.0. The monoisotopic (exact) mass is 259 g/mol. The molecule has 19 heavy (non-hydrogen) atoms. The molecule has 0 atom stereocenters. The summed E-state index contributed by atoms with van der Waals surface area (Å²) in [5, 5.41) is 8.75. The summed E-state index contributed by atoms with van der Waals surface area (Å²) >= 11 is 0. The number of amides is 1. The summed E-state index contributed by atoms with van der Waals surface area (Å²) in [6.07, 6.45) is 0. The zero-order chi connectivity index (χ0) is 14.4. The van der Waals surface area contributed by atoms with Gasteiger partial charge in [-0.05, 0) is 45.4 Å². The van der Waals surface area contributed by atoms with E-state index in [0.717, 1.165) is 11.1 Å². The number of aliphatic hydroxyl groups is 1. The van der Waals surface area contributed by atoms with Crippen LogP contribution in [0.15, 0.2) is 18.2 Å². The Bertz CT molecular complexity index is 509. The summed E-state index contributed by atoms with van der Waals surface area (Å²) in [7, 11) is 0. The fraction of sp³-hybridized carbons (Fsp3) is 0.438. The van der Waals surface area contributed by atoms with Crippen LogP contribution in [0.3, 0.4) is 0 Å². The summed E-state index contributed by atoms with van der Waals surface area (Å²) in [6.45, 7) is 8.42. The van der Waals surface area contributed by atoms with E-state index in [2.05, 4.69) is 11.8 Å². The van der Waals surface area contributed by atoms with Gasteiger partial charge in [-0.15, -0.1) is 0 Å². The van der Waals surface area contributed by atoms with Gasteiger partial charge in [-0.3, -0.25) is 4.79 Å². The maximum absolute atomic E-state index is 12.4. The van der Waals surface area contributed by atoms with Crippen LogP contribution in [0.5, 0.6) is 0 Å². The van der Waals surface area contributed by atoms with Gasteiger partial charge in [0.2, 0.25) is 0 Å². The molecule has 0 saturated carbocycles. The van der Waals surface area contributed by atoms with Gasteiger partial charge >= 0.3 is 0 Å². The number of hydrogen-bond donors (Lipinski definition) is 1. The van der Waals surface area contributed by atoms with Gasteiger partial charge in [-0.1, -0.05) is 17.9 Å². The lowest BCUT2D eigenvalue weighted by atomic mass is 10.0. The van der Waals surface area contributed by atoms with Gasteiger partial charge in [-0.25, -0.2) is 0 Å². The molecule has 0 heterocycles. The van der Waals surface area contributed by atoms with E-state index in [9.17, 15) is 4.79 Å². The SMILES string of the molecule is CCN(C(=O)c1ccc(C)c(C#CCO)c1)C(C)C. The maximum atomic E-state index is 12.4. The van der Waals surface area contributed by atoms with Crippen molar-refractivity contribution in [2.24, 2.45) is 0 Å². The number of benzene rings is 1. The Balaban J connectivity index is 3.11. The molecular formula is C16H21NO2. The minimum atomic E-state index is -0.176. The molecule has 0 unspecified atom stereocenters. The van der Waals surface area contributed by atoms with Gasteiger partial charge in [0.1, 0.15) is 6.61 Å². The minimum absolute atomic E-state index is 0.0181. The van der Waals surface area contributed by atoms with Crippen LogP contribution in [-0.2, 0) is 0 Å². The summed E-state index contributed by atoms with van der Waals surface area (Å²) in [6, 6.07) is 5.69. The highest BCUT2D eigenvalue weighted by molar-refractivity contribution is 5.94. The highest BCUT2D eigenvalue weighted by atomic mass is 16.2. The fourth-order valence-electron chi connectivity index (χ4n) is 1.93. The van der Waals surface area contributed by atoms with E-state index < -0.39 is 0 Å². The van der Waals surface area contributed by atoms with Crippen molar-refractivity contribution < 1.29 is 9.90 Å². The molecule has 0 fully saturated rings. The van der Waals surface area contributed by atoms with Crippen LogP contribution in [0, 0.1) is 18.8 Å². The van der Waals surface area contributed by atoms with E-state index in [1.54, 1.807) is 6.07 Å². The molecule has 3 nitrogen and oxygen atoms in total. The van der Waals surface area contributed by atoms with Crippen molar-refractivity contribution in [2.75, 3.05) is 13.2 Å². The Morgan fingerprint density at radius 1 is 1.42 bits per heavy atom. The molecule has 1 amide bonds. The minimum Gasteiger partial charge on any atom is -0.384 e. The van der Waals surface area contributed by atoms with Crippen LogP contribution in [0.4, 0.5) is 0 Å². The number of carbonyl (C=O) groups is 1. The number of hydrogen-bond acceptors (Lipinski definition) is 2. The molecule has 0 radical (unpaired) electrons. The maximum Gasteiger partial charge on any atom is 0.254 e. The Morgan fingerprint density at radius 2 is 2.11 bits per heavy atom. The molecule has 0 aliphatic rings. The summed E-state index contributed by atoms with van der Waals surface area (Å²) < 4.78 is 0. The summed E-state index contributed by atoms with van der Waals surface area (Å²) in [5.74, 6) is 5.51. The van der Waals surface area contributed by atoms with Crippen molar-refractivity contribution in [3.05, 3.63) is 34.9 Å². The Morgan fingerprint density at radius 3 is 2.63 bits per heavy atom. The third kappa shape index (κ3) is 3.84. The average Bonchev–Trinajstić information content (AvgIpc) is 2.38. The van der Waals surface area contributed by atoms with E-state index in [-0.39, 0.29) is 18.6 Å². The fourth-order valence-corrected chi connectivity index (χ4v) is 1.93. The molecule has 3 heteroatoms. The quantitative estimate of drug-likeness (QED) is 0.845. The molecule has 0 spiro atoms. The van der Waals surface area contributed by atoms with Crippen molar-refractivity contribution in [2.45, 2.75) is 33.7 Å². The first kappa shape index (κ1) is 15.3. The Labute approximate surface area is 115 Å². The molecule has 1 aromatic rings. The lowest BCUT2D eigenvalue weighted by molar-refractivity contribution is 0.0717. The van der Waals surface area contributed by atoms with E-state index in [1.165, 1.54) is 0 Å². The van der Waals surface area contributed by atoms with Crippen LogP contribution in [-0.4, -0.2) is 35.1 Å². The molecule has 0 saturated heterocycles. The van der Waals surface area contributed by atoms with Gasteiger partial charge in [-0.2, -0.15) is 0 Å². The second kappa shape index (κ2) is 6.96. The van der Waals surface area contributed by atoms with E-state index in [1.807, 2.05) is 44.7 Å². The highest BCUT2D eigenvalue weighted by Crippen LogP contribution is 2.13. The smallest absolute Gasteiger partial charge is 0.254 e. The third-order valence-electron chi connectivity index (χ3n) is 3.01. The van der Waals surface area contributed by atoms with E-state index in [0.29, 0.717) is 12.1 Å². The standard InChI is InChI=1S/C16H21NO2/c1-5-17(12(2)3)16(19)15-9-8-13(4)14(11-15)7-6-10-18/h8-9,11-12,18H,5,10H2,1-4H3. The lowest BCUT2D eigenvalue weighted by Crippen LogP contribution is -2.36. The third-order valence-corrected chi connectivity index (χ3v) is 3.01. The van der Waals surface area contributed by atoms with Crippen molar-refractivity contribution in [1.82, 2.24) is 4.90 Å². The number of aryl methyl sites for hydroxylation is 1. The van der Waals surface area contributed by atoms with E-state index in [4.69, 9.17) is 5.11 Å². The summed E-state index contributed by atoms with van der Waals surface area (Å²) in [5.41, 5.74) is 2.44. The van der Waals surface area contributed by atoms with E-state index >= 15 is 0 Å². The second-order valence-corrected chi connectivity index (χ2v) is 4.67. The topological polar surface area (TPSA) is 40.5 Å². The van der Waals surface area contributed by atoms with Crippen LogP contribution < -0.4 is 0 Å². The van der Waals surface area contributed by atoms with Crippen molar-refractivity contribution in [3.63, 3.8) is 0 Å². The predicted molar refractivity (Wildman–Crippen MR) is 77.0 cm³/mol. The van der Waals surface area contributed by atoms with Crippen molar-refractivity contribution in [1.29, 1.82) is 0 Å². The zero-order valence-electron chi connectivity index (χ0n) is 12.0. The van der Waals surface area contributed by atoms with Crippen molar-refractivity contribution >= 4 is 5.91 Å². The van der Waals surface area contributed by atoms with Gasteiger partial charge in [0.25, 0.3) is 5.91 Å². The van der Waals surface area contributed by atoms with Crippen LogP contribution in [0.2, 0.25) is 0 Å². The predicted octanol–water partition coefficient (Wildman–Crippen LogP) is 2.21. The number of rotatable bonds is 3. The molecule has 1 rings (SSSR count). The van der Waals surface area contributed by atoms with Crippen LogP contribution in [0.1, 0.15) is 42.3 Å². The molecule has 0 aliphatic heterocycles. The first-order valence-corrected chi connectivity index (χ1v) is 6.52. The van der Waals surface area contributed by atoms with Gasteiger partial charge in [0, 0.05) is 23.7 Å². The number of aliphatic hydroxyl groups excluding tert-OH is 1. The van der Waals surface area contributed by atoms with Crippen molar-refractivity contribution in [3.8, 4) is 11.8 Å². The summed E-state index contributed by atoms with van der Waals surface area (Å²) in [4.78, 5) is 14.2. The number of carbonyl (C=O) groups excluding carboxylic acids is 1. The number of nitrogens with zero attached hydrogens (tertiary/aromatic N) is 1. The first-order chi connectivity index (χ1) is 9.01. The molecule has 0 aromatic heterocycles. The second-order valence-electron chi connectivity index (χ2n) is 4.67. The Kier molecular flexibility index (Phi) is 5.59. The molecular weight excluding hydrogens is 238 g/mol. The van der Waals surface area contributed by atoms with Gasteiger partial charge < -0.3 is 10.0 Å². The molecule has 102 valence electrons. The van der Waals surface area contributed by atoms with Gasteiger partial charge in [0.05, 0.1) is 0 Å².